The summed E-state index contributed by atoms with van der Waals surface area (Å²) in [6, 6.07) is 6.96. The molecule has 102 valence electrons. The third kappa shape index (κ3) is 2.72. The lowest BCUT2D eigenvalue weighted by Crippen LogP contribution is -2.40. The Morgan fingerprint density at radius 1 is 1.21 bits per heavy atom. The molecule has 5 heteroatoms. The number of H-pyrrole nitrogens is 2. The van der Waals surface area contributed by atoms with Gasteiger partial charge in [-0.1, -0.05) is 6.07 Å². The molecule has 0 spiro atoms. The molecule has 0 aliphatic carbocycles. The van der Waals surface area contributed by atoms with Crippen molar-refractivity contribution in [2.45, 2.75) is 31.8 Å². The van der Waals surface area contributed by atoms with Crippen molar-refractivity contribution >= 4 is 11.0 Å². The lowest BCUT2D eigenvalue weighted by molar-refractivity contribution is 0.359. The SMILES string of the molecule is CC(NC1CCNCC1)c1ccc2[nH]c(=O)[nH]c2c1. The van der Waals surface area contributed by atoms with E-state index in [1.165, 1.54) is 18.4 Å². The van der Waals surface area contributed by atoms with Crippen LogP contribution < -0.4 is 16.3 Å². The molecule has 0 bridgehead atoms. The summed E-state index contributed by atoms with van der Waals surface area (Å²) in [5, 5.41) is 7.04. The predicted octanol–water partition coefficient (Wildman–Crippen LogP) is 1.26. The Labute approximate surface area is 111 Å². The van der Waals surface area contributed by atoms with E-state index >= 15 is 0 Å². The number of benzene rings is 1. The number of nitrogens with one attached hydrogen (secondary N) is 4. The maximum Gasteiger partial charge on any atom is 0.323 e. The van der Waals surface area contributed by atoms with Gasteiger partial charge >= 0.3 is 5.69 Å². The first-order valence-corrected chi connectivity index (χ1v) is 6.91. The first kappa shape index (κ1) is 12.4. The molecule has 5 nitrogen and oxygen atoms in total. The Kier molecular flexibility index (Phi) is 3.40. The van der Waals surface area contributed by atoms with E-state index in [9.17, 15) is 4.79 Å². The summed E-state index contributed by atoms with van der Waals surface area (Å²) in [4.78, 5) is 16.8. The van der Waals surface area contributed by atoms with E-state index in [0.29, 0.717) is 12.1 Å². The van der Waals surface area contributed by atoms with Gasteiger partial charge in [0, 0.05) is 12.1 Å². The van der Waals surface area contributed by atoms with Crippen LogP contribution in [-0.2, 0) is 0 Å². The van der Waals surface area contributed by atoms with Crippen molar-refractivity contribution in [2.75, 3.05) is 13.1 Å². The average Bonchev–Trinajstić information content (AvgIpc) is 2.78. The van der Waals surface area contributed by atoms with Crippen LogP contribution in [0.2, 0.25) is 0 Å². The standard InChI is InChI=1S/C14H20N4O/c1-9(16-11-4-6-15-7-5-11)10-2-3-12-13(8-10)18-14(19)17-12/h2-3,8-9,11,15-16H,4-7H2,1H3,(H2,17,18,19). The van der Waals surface area contributed by atoms with Crippen LogP contribution in [0, 0.1) is 0 Å². The molecule has 1 aliphatic heterocycles. The van der Waals surface area contributed by atoms with E-state index in [1.54, 1.807) is 0 Å². The minimum atomic E-state index is -0.147. The van der Waals surface area contributed by atoms with Crippen molar-refractivity contribution in [3.63, 3.8) is 0 Å². The Hall–Kier alpha value is -1.59. The van der Waals surface area contributed by atoms with E-state index in [1.807, 2.05) is 12.1 Å². The summed E-state index contributed by atoms with van der Waals surface area (Å²) in [6.45, 7) is 4.36. The molecule has 0 saturated carbocycles. The molecule has 1 aromatic heterocycles. The second-order valence-corrected chi connectivity index (χ2v) is 5.30. The monoisotopic (exact) mass is 260 g/mol. The first-order valence-electron chi connectivity index (χ1n) is 6.91. The van der Waals surface area contributed by atoms with Crippen LogP contribution >= 0.6 is 0 Å². The molecule has 1 atom stereocenters. The summed E-state index contributed by atoms with van der Waals surface area (Å²) in [7, 11) is 0. The number of hydrogen-bond acceptors (Lipinski definition) is 3. The molecule has 4 N–H and O–H groups in total. The number of fused-ring (bicyclic) bond motifs is 1. The van der Waals surface area contributed by atoms with Gasteiger partial charge in [0.1, 0.15) is 0 Å². The number of rotatable bonds is 3. The Bertz CT molecular complexity index is 609. The molecule has 0 amide bonds. The van der Waals surface area contributed by atoms with Gasteiger partial charge in [-0.05, 0) is 50.6 Å². The van der Waals surface area contributed by atoms with Crippen LogP contribution in [-0.4, -0.2) is 29.1 Å². The molecule has 0 radical (unpaired) electrons. The van der Waals surface area contributed by atoms with E-state index in [0.717, 1.165) is 24.1 Å². The van der Waals surface area contributed by atoms with Crippen molar-refractivity contribution in [2.24, 2.45) is 0 Å². The zero-order valence-electron chi connectivity index (χ0n) is 11.1. The van der Waals surface area contributed by atoms with Crippen LogP contribution in [0.3, 0.4) is 0 Å². The molecule has 3 rings (SSSR count). The van der Waals surface area contributed by atoms with Gasteiger partial charge in [0.2, 0.25) is 0 Å². The quantitative estimate of drug-likeness (QED) is 0.671. The second kappa shape index (κ2) is 5.19. The van der Waals surface area contributed by atoms with Crippen molar-refractivity contribution in [3.05, 3.63) is 34.2 Å². The largest absolute Gasteiger partial charge is 0.323 e. The topological polar surface area (TPSA) is 72.7 Å². The van der Waals surface area contributed by atoms with Crippen molar-refractivity contribution in [3.8, 4) is 0 Å². The minimum Gasteiger partial charge on any atom is -0.317 e. The Morgan fingerprint density at radius 2 is 1.95 bits per heavy atom. The van der Waals surface area contributed by atoms with Crippen LogP contribution in [0.1, 0.15) is 31.4 Å². The Balaban J connectivity index is 1.76. The predicted molar refractivity (Wildman–Crippen MR) is 76.4 cm³/mol. The summed E-state index contributed by atoms with van der Waals surface area (Å²) in [5.41, 5.74) is 2.80. The fourth-order valence-corrected chi connectivity index (χ4v) is 2.76. The molecule has 1 aliphatic rings. The van der Waals surface area contributed by atoms with Gasteiger partial charge in [-0.25, -0.2) is 4.79 Å². The van der Waals surface area contributed by atoms with Crippen molar-refractivity contribution < 1.29 is 0 Å². The first-order chi connectivity index (χ1) is 9.22. The lowest BCUT2D eigenvalue weighted by atomic mass is 10.0. The number of imidazole rings is 1. The highest BCUT2D eigenvalue weighted by Crippen LogP contribution is 2.18. The second-order valence-electron chi connectivity index (χ2n) is 5.30. The fraction of sp³-hybridized carbons (Fsp3) is 0.500. The third-order valence-corrected chi connectivity index (χ3v) is 3.86. The highest BCUT2D eigenvalue weighted by atomic mass is 16.1. The molecule has 19 heavy (non-hydrogen) atoms. The number of aromatic amines is 2. The number of aromatic nitrogens is 2. The summed E-state index contributed by atoms with van der Waals surface area (Å²) in [6.07, 6.45) is 2.35. The Morgan fingerprint density at radius 3 is 2.74 bits per heavy atom. The fourth-order valence-electron chi connectivity index (χ4n) is 2.76. The molecule has 1 fully saturated rings. The van der Waals surface area contributed by atoms with Gasteiger partial charge in [-0.2, -0.15) is 0 Å². The van der Waals surface area contributed by atoms with Gasteiger partial charge in [0.25, 0.3) is 0 Å². The lowest BCUT2D eigenvalue weighted by Gasteiger charge is -2.27. The normalized spacial score (nSPS) is 18.8. The number of piperidine rings is 1. The van der Waals surface area contributed by atoms with Crippen LogP contribution in [0.25, 0.3) is 11.0 Å². The summed E-state index contributed by atoms with van der Waals surface area (Å²) < 4.78 is 0. The van der Waals surface area contributed by atoms with Gasteiger partial charge in [0.05, 0.1) is 11.0 Å². The van der Waals surface area contributed by atoms with Crippen LogP contribution in [0.4, 0.5) is 0 Å². The maximum absolute atomic E-state index is 11.3. The molecule has 1 saturated heterocycles. The van der Waals surface area contributed by atoms with Gasteiger partial charge in [0.15, 0.2) is 0 Å². The molecule has 1 aromatic carbocycles. The summed E-state index contributed by atoms with van der Waals surface area (Å²) >= 11 is 0. The average molecular weight is 260 g/mol. The molecular weight excluding hydrogens is 240 g/mol. The zero-order valence-corrected chi connectivity index (χ0v) is 11.1. The van der Waals surface area contributed by atoms with E-state index in [4.69, 9.17) is 0 Å². The molecular formula is C14H20N4O. The van der Waals surface area contributed by atoms with Crippen LogP contribution in [0.5, 0.6) is 0 Å². The molecule has 1 unspecified atom stereocenters. The molecule has 2 aromatic rings. The highest BCUT2D eigenvalue weighted by Gasteiger charge is 2.16. The van der Waals surface area contributed by atoms with Gasteiger partial charge in [-0.3, -0.25) is 0 Å². The minimum absolute atomic E-state index is 0.147. The van der Waals surface area contributed by atoms with Crippen molar-refractivity contribution in [1.82, 2.24) is 20.6 Å². The van der Waals surface area contributed by atoms with Gasteiger partial charge < -0.3 is 20.6 Å². The third-order valence-electron chi connectivity index (χ3n) is 3.86. The maximum atomic E-state index is 11.3. The van der Waals surface area contributed by atoms with Gasteiger partial charge in [-0.15, -0.1) is 0 Å². The van der Waals surface area contributed by atoms with Crippen molar-refractivity contribution in [1.29, 1.82) is 0 Å². The van der Waals surface area contributed by atoms with E-state index in [2.05, 4.69) is 33.6 Å². The number of hydrogen-bond donors (Lipinski definition) is 4. The summed E-state index contributed by atoms with van der Waals surface area (Å²) in [5.74, 6) is 0. The zero-order chi connectivity index (χ0) is 13.2. The van der Waals surface area contributed by atoms with E-state index < -0.39 is 0 Å². The highest BCUT2D eigenvalue weighted by molar-refractivity contribution is 5.75. The molecule has 2 heterocycles. The smallest absolute Gasteiger partial charge is 0.317 e. The van der Waals surface area contributed by atoms with Crippen LogP contribution in [0.15, 0.2) is 23.0 Å². The van der Waals surface area contributed by atoms with E-state index in [-0.39, 0.29) is 5.69 Å².